The van der Waals surface area contributed by atoms with Crippen LogP contribution in [0.2, 0.25) is 0 Å². The minimum atomic E-state index is -3.69. The third kappa shape index (κ3) is 4.98. The number of nitrogens with one attached hydrogen (secondary N) is 1. The summed E-state index contributed by atoms with van der Waals surface area (Å²) in [5, 5.41) is 2.89. The molecule has 0 aliphatic rings. The molecule has 0 aliphatic heterocycles. The highest BCUT2D eigenvalue weighted by molar-refractivity contribution is 14.1. The summed E-state index contributed by atoms with van der Waals surface area (Å²) in [7, 11) is -2.18. The molecule has 0 radical (unpaired) electrons. The number of nitrogens with zero attached hydrogens (tertiary/aromatic N) is 1. The van der Waals surface area contributed by atoms with Gasteiger partial charge in [-0.1, -0.05) is 0 Å². The van der Waals surface area contributed by atoms with Crippen LogP contribution in [-0.4, -0.2) is 27.6 Å². The first-order chi connectivity index (χ1) is 14.2. The van der Waals surface area contributed by atoms with E-state index in [4.69, 9.17) is 0 Å². The fraction of sp³-hybridized carbons (Fsp3) is 0.136. The van der Waals surface area contributed by atoms with Crippen LogP contribution in [0, 0.1) is 10.5 Å². The molecule has 8 heteroatoms. The van der Waals surface area contributed by atoms with E-state index in [9.17, 15) is 13.2 Å². The molecule has 3 aromatic carbocycles. The Kier molecular flexibility index (Phi) is 7.10. The summed E-state index contributed by atoms with van der Waals surface area (Å²) in [5.41, 5.74) is 2.65. The summed E-state index contributed by atoms with van der Waals surface area (Å²) < 4.78 is 28.1. The highest BCUT2D eigenvalue weighted by Gasteiger charge is 2.21. The lowest BCUT2D eigenvalue weighted by atomic mass is 10.1. The average molecular weight is 552 g/mol. The number of hydrogen-bond acceptors (Lipinski definition) is 4. The fourth-order valence-corrected chi connectivity index (χ4v) is 5.08. The van der Waals surface area contributed by atoms with E-state index in [1.807, 2.05) is 31.4 Å². The molecule has 0 spiro atoms. The minimum absolute atomic E-state index is 0.221. The molecule has 0 heterocycles. The Morgan fingerprint density at radius 3 is 2.20 bits per heavy atom. The Labute approximate surface area is 195 Å². The summed E-state index contributed by atoms with van der Waals surface area (Å²) in [6, 6.07) is 19.1. The second-order valence-corrected chi connectivity index (χ2v) is 10.7. The number of hydrogen-bond donors (Lipinski definition) is 1. The van der Waals surface area contributed by atoms with Crippen molar-refractivity contribution < 1.29 is 13.2 Å². The SMILES string of the molecule is CSc1ccc(S(=O)(=O)N(C)c2ccc(C(=O)Nc3ccc(I)cc3C)cc2)cc1. The maximum absolute atomic E-state index is 12.9. The first kappa shape index (κ1) is 22.6. The normalized spacial score (nSPS) is 11.2. The summed E-state index contributed by atoms with van der Waals surface area (Å²) in [6.07, 6.45) is 1.94. The van der Waals surface area contributed by atoms with Crippen LogP contribution in [0.1, 0.15) is 15.9 Å². The fourth-order valence-electron chi connectivity index (χ4n) is 2.83. The van der Waals surface area contributed by atoms with Crippen molar-refractivity contribution in [1.29, 1.82) is 0 Å². The molecule has 1 amide bonds. The molecule has 1 N–H and O–H groups in total. The van der Waals surface area contributed by atoms with Crippen LogP contribution in [0.5, 0.6) is 0 Å². The summed E-state index contributed by atoms with van der Waals surface area (Å²) in [6.45, 7) is 1.94. The van der Waals surface area contributed by atoms with Gasteiger partial charge in [-0.2, -0.15) is 0 Å². The molecule has 0 unspecified atom stereocenters. The van der Waals surface area contributed by atoms with E-state index in [2.05, 4.69) is 27.9 Å². The third-order valence-electron chi connectivity index (χ3n) is 4.65. The van der Waals surface area contributed by atoms with Gasteiger partial charge in [0.15, 0.2) is 0 Å². The van der Waals surface area contributed by atoms with E-state index in [1.54, 1.807) is 60.3 Å². The van der Waals surface area contributed by atoms with Gasteiger partial charge in [0.1, 0.15) is 0 Å². The topological polar surface area (TPSA) is 66.5 Å². The molecule has 0 saturated heterocycles. The van der Waals surface area contributed by atoms with Crippen molar-refractivity contribution in [2.24, 2.45) is 0 Å². The minimum Gasteiger partial charge on any atom is -0.322 e. The van der Waals surface area contributed by atoms with Crippen molar-refractivity contribution in [3.05, 3.63) is 81.4 Å². The zero-order valence-corrected chi connectivity index (χ0v) is 20.5. The second kappa shape index (κ2) is 9.40. The molecule has 0 bridgehead atoms. The van der Waals surface area contributed by atoms with Crippen molar-refractivity contribution >= 4 is 61.7 Å². The lowest BCUT2D eigenvalue weighted by Crippen LogP contribution is -2.26. The van der Waals surface area contributed by atoms with Crippen LogP contribution in [0.3, 0.4) is 0 Å². The third-order valence-corrected chi connectivity index (χ3v) is 7.86. The highest BCUT2D eigenvalue weighted by atomic mass is 127. The molecule has 156 valence electrons. The molecule has 3 aromatic rings. The Hall–Kier alpha value is -2.04. The largest absolute Gasteiger partial charge is 0.322 e. The Morgan fingerprint density at radius 1 is 1.00 bits per heavy atom. The first-order valence-electron chi connectivity index (χ1n) is 9.03. The average Bonchev–Trinajstić information content (AvgIpc) is 2.75. The van der Waals surface area contributed by atoms with Gasteiger partial charge in [-0.05, 0) is 108 Å². The number of anilines is 2. The molecule has 3 rings (SSSR count). The predicted octanol–water partition coefficient (Wildman–Crippen LogP) is 5.40. The van der Waals surface area contributed by atoms with Gasteiger partial charge in [0.2, 0.25) is 0 Å². The quantitative estimate of drug-likeness (QED) is 0.329. The van der Waals surface area contributed by atoms with Gasteiger partial charge in [0.25, 0.3) is 15.9 Å². The van der Waals surface area contributed by atoms with E-state index in [0.717, 1.165) is 19.7 Å². The summed E-state index contributed by atoms with van der Waals surface area (Å²) in [4.78, 5) is 13.8. The monoisotopic (exact) mass is 552 g/mol. The number of thioether (sulfide) groups is 1. The Morgan fingerprint density at radius 2 is 1.63 bits per heavy atom. The van der Waals surface area contributed by atoms with Crippen LogP contribution in [-0.2, 0) is 10.0 Å². The van der Waals surface area contributed by atoms with Crippen LogP contribution in [0.15, 0.2) is 76.5 Å². The van der Waals surface area contributed by atoms with Crippen molar-refractivity contribution in [1.82, 2.24) is 0 Å². The summed E-state index contributed by atoms with van der Waals surface area (Å²) >= 11 is 3.78. The number of halogens is 1. The van der Waals surface area contributed by atoms with E-state index in [0.29, 0.717) is 11.3 Å². The van der Waals surface area contributed by atoms with Gasteiger partial charge >= 0.3 is 0 Å². The van der Waals surface area contributed by atoms with Gasteiger partial charge in [0.05, 0.1) is 10.6 Å². The molecule has 0 aromatic heterocycles. The van der Waals surface area contributed by atoms with Gasteiger partial charge in [-0.15, -0.1) is 11.8 Å². The van der Waals surface area contributed by atoms with Gasteiger partial charge in [-0.3, -0.25) is 9.10 Å². The first-order valence-corrected chi connectivity index (χ1v) is 12.8. The lowest BCUT2D eigenvalue weighted by molar-refractivity contribution is 0.102. The number of sulfonamides is 1. The number of rotatable bonds is 6. The van der Waals surface area contributed by atoms with E-state index in [1.165, 1.54) is 11.4 Å². The molecule has 0 aliphatic carbocycles. The van der Waals surface area contributed by atoms with Crippen molar-refractivity contribution in [2.75, 3.05) is 22.9 Å². The van der Waals surface area contributed by atoms with Crippen molar-refractivity contribution in [3.8, 4) is 0 Å². The number of carbonyl (C=O) groups excluding carboxylic acids is 1. The zero-order valence-electron chi connectivity index (χ0n) is 16.7. The smallest absolute Gasteiger partial charge is 0.264 e. The lowest BCUT2D eigenvalue weighted by Gasteiger charge is -2.20. The van der Waals surface area contributed by atoms with Crippen LogP contribution in [0.25, 0.3) is 0 Å². The second-order valence-electron chi connectivity index (χ2n) is 6.61. The molecule has 5 nitrogen and oxygen atoms in total. The molecule has 0 saturated carbocycles. The maximum atomic E-state index is 12.9. The van der Waals surface area contributed by atoms with E-state index in [-0.39, 0.29) is 10.8 Å². The summed E-state index contributed by atoms with van der Waals surface area (Å²) in [5.74, 6) is -0.246. The van der Waals surface area contributed by atoms with Crippen molar-refractivity contribution in [2.45, 2.75) is 16.7 Å². The van der Waals surface area contributed by atoms with Crippen LogP contribution in [0.4, 0.5) is 11.4 Å². The van der Waals surface area contributed by atoms with Gasteiger partial charge in [0, 0.05) is 26.8 Å². The van der Waals surface area contributed by atoms with Gasteiger partial charge in [-0.25, -0.2) is 8.42 Å². The number of amides is 1. The standard InChI is InChI=1S/C22H21IN2O3S2/c1-15-14-17(23)6-13-21(15)24-22(26)16-4-7-18(8-5-16)25(2)30(27,28)20-11-9-19(29-3)10-12-20/h4-14H,1-3H3,(H,24,26). The zero-order chi connectivity index (χ0) is 21.9. The number of aryl methyl sites for hydroxylation is 1. The molecule has 30 heavy (non-hydrogen) atoms. The van der Waals surface area contributed by atoms with Gasteiger partial charge < -0.3 is 5.32 Å². The van der Waals surface area contributed by atoms with E-state index < -0.39 is 10.0 Å². The van der Waals surface area contributed by atoms with Crippen molar-refractivity contribution in [3.63, 3.8) is 0 Å². The highest BCUT2D eigenvalue weighted by Crippen LogP contribution is 2.25. The van der Waals surface area contributed by atoms with Crippen LogP contribution >= 0.6 is 34.4 Å². The molecular formula is C22H21IN2O3S2. The molecule has 0 atom stereocenters. The Balaban J connectivity index is 1.77. The molecule has 0 fully saturated rings. The van der Waals surface area contributed by atoms with E-state index >= 15 is 0 Å². The van der Waals surface area contributed by atoms with Crippen LogP contribution < -0.4 is 9.62 Å². The maximum Gasteiger partial charge on any atom is 0.264 e. The predicted molar refractivity (Wildman–Crippen MR) is 132 cm³/mol. The molecular weight excluding hydrogens is 531 g/mol. The number of benzene rings is 3. The Bertz CT molecular complexity index is 1160. The number of carbonyl (C=O) groups is 1.